The normalized spacial score (nSPS) is 16.7. The minimum Gasteiger partial charge on any atom is -0.339 e. The highest BCUT2D eigenvalue weighted by molar-refractivity contribution is 9.10. The summed E-state index contributed by atoms with van der Waals surface area (Å²) >= 11 is 3.19. The zero-order chi connectivity index (χ0) is 13.8. The van der Waals surface area contributed by atoms with Crippen molar-refractivity contribution in [1.82, 2.24) is 4.90 Å². The lowest BCUT2D eigenvalue weighted by molar-refractivity contribution is 0.0683. The molecule has 1 aromatic rings. The van der Waals surface area contributed by atoms with Gasteiger partial charge in [0.1, 0.15) is 5.82 Å². The molecule has 1 aromatic carbocycles. The van der Waals surface area contributed by atoms with Crippen molar-refractivity contribution >= 4 is 21.8 Å². The van der Waals surface area contributed by atoms with E-state index in [0.717, 1.165) is 19.3 Å². The average Bonchev–Trinajstić information content (AvgIpc) is 2.39. The smallest absolute Gasteiger partial charge is 0.256 e. The Hall–Kier alpha value is -0.940. The first-order chi connectivity index (χ1) is 9.11. The molecule has 2 N–H and O–H groups in total. The largest absolute Gasteiger partial charge is 0.339 e. The molecule has 0 spiro atoms. The summed E-state index contributed by atoms with van der Waals surface area (Å²) in [6.45, 7) is 2.08. The van der Waals surface area contributed by atoms with Crippen LogP contribution in [-0.2, 0) is 0 Å². The summed E-state index contributed by atoms with van der Waals surface area (Å²) in [6.07, 6.45) is 2.93. The third kappa shape index (κ3) is 3.54. The maximum atomic E-state index is 13.8. The number of piperidine rings is 1. The number of carbonyl (C=O) groups is 1. The van der Waals surface area contributed by atoms with Crippen molar-refractivity contribution in [3.63, 3.8) is 0 Å². The number of benzene rings is 1. The lowest BCUT2D eigenvalue weighted by Crippen LogP contribution is -2.39. The highest BCUT2D eigenvalue weighted by atomic mass is 79.9. The number of hydrogen-bond donors (Lipinski definition) is 1. The Morgan fingerprint density at radius 1 is 1.42 bits per heavy atom. The van der Waals surface area contributed by atoms with E-state index in [2.05, 4.69) is 15.9 Å². The molecule has 1 heterocycles. The molecule has 0 atom stereocenters. The SMILES string of the molecule is NCCC1CCN(C(=O)c2ccc(Br)cc2F)CC1. The number of likely N-dealkylation sites (tertiary alicyclic amines) is 1. The molecule has 0 unspecified atom stereocenters. The van der Waals surface area contributed by atoms with E-state index in [1.165, 1.54) is 12.1 Å². The van der Waals surface area contributed by atoms with Crippen LogP contribution in [0.4, 0.5) is 4.39 Å². The number of halogens is 2. The lowest BCUT2D eigenvalue weighted by atomic mass is 9.93. The van der Waals surface area contributed by atoms with Crippen LogP contribution in [-0.4, -0.2) is 30.4 Å². The molecule has 3 nitrogen and oxygen atoms in total. The Balaban J connectivity index is 2.01. The monoisotopic (exact) mass is 328 g/mol. The molecule has 5 heteroatoms. The van der Waals surface area contributed by atoms with Crippen LogP contribution in [0.2, 0.25) is 0 Å². The summed E-state index contributed by atoms with van der Waals surface area (Å²) in [6, 6.07) is 4.56. The molecule has 2 rings (SSSR count). The maximum absolute atomic E-state index is 13.8. The van der Waals surface area contributed by atoms with E-state index in [4.69, 9.17) is 5.73 Å². The molecule has 0 saturated carbocycles. The molecule has 19 heavy (non-hydrogen) atoms. The van der Waals surface area contributed by atoms with Crippen LogP contribution in [0.3, 0.4) is 0 Å². The number of hydrogen-bond acceptors (Lipinski definition) is 2. The van der Waals surface area contributed by atoms with E-state index >= 15 is 0 Å². The Kier molecular flexibility index (Phi) is 4.93. The van der Waals surface area contributed by atoms with Crippen LogP contribution >= 0.6 is 15.9 Å². The molecular weight excluding hydrogens is 311 g/mol. The molecule has 1 amide bonds. The minimum absolute atomic E-state index is 0.153. The summed E-state index contributed by atoms with van der Waals surface area (Å²) in [5.41, 5.74) is 5.70. The zero-order valence-electron chi connectivity index (χ0n) is 10.7. The van der Waals surface area contributed by atoms with Gasteiger partial charge in [-0.3, -0.25) is 4.79 Å². The fourth-order valence-electron chi connectivity index (χ4n) is 2.49. The van der Waals surface area contributed by atoms with Crippen molar-refractivity contribution in [1.29, 1.82) is 0 Å². The lowest BCUT2D eigenvalue weighted by Gasteiger charge is -2.32. The van der Waals surface area contributed by atoms with Crippen molar-refractivity contribution in [2.24, 2.45) is 11.7 Å². The van der Waals surface area contributed by atoms with Gasteiger partial charge in [0.15, 0.2) is 0 Å². The fourth-order valence-corrected chi connectivity index (χ4v) is 2.83. The van der Waals surface area contributed by atoms with E-state index in [-0.39, 0.29) is 11.5 Å². The Labute approximate surface area is 121 Å². The van der Waals surface area contributed by atoms with Crippen LogP contribution in [0.1, 0.15) is 29.6 Å². The highest BCUT2D eigenvalue weighted by Gasteiger charge is 2.24. The molecule has 1 aliphatic rings. The molecule has 104 valence electrons. The van der Waals surface area contributed by atoms with Gasteiger partial charge in [0, 0.05) is 17.6 Å². The molecular formula is C14H18BrFN2O. The zero-order valence-corrected chi connectivity index (χ0v) is 12.3. The van der Waals surface area contributed by atoms with E-state index in [1.807, 2.05) is 0 Å². The van der Waals surface area contributed by atoms with Gasteiger partial charge in [-0.25, -0.2) is 4.39 Å². The molecule has 1 aliphatic heterocycles. The van der Waals surface area contributed by atoms with Crippen LogP contribution < -0.4 is 5.73 Å². The van der Waals surface area contributed by atoms with Crippen molar-refractivity contribution in [3.8, 4) is 0 Å². The molecule has 1 saturated heterocycles. The molecule has 0 radical (unpaired) electrons. The van der Waals surface area contributed by atoms with E-state index in [9.17, 15) is 9.18 Å². The number of rotatable bonds is 3. The van der Waals surface area contributed by atoms with Gasteiger partial charge < -0.3 is 10.6 Å². The predicted octanol–water partition coefficient (Wildman–Crippen LogP) is 2.79. The van der Waals surface area contributed by atoms with Gasteiger partial charge in [0.2, 0.25) is 0 Å². The van der Waals surface area contributed by atoms with Crippen molar-refractivity contribution < 1.29 is 9.18 Å². The average molecular weight is 329 g/mol. The summed E-state index contributed by atoms with van der Waals surface area (Å²) in [7, 11) is 0. The Bertz CT molecular complexity index is 459. The quantitative estimate of drug-likeness (QED) is 0.927. The van der Waals surface area contributed by atoms with Gasteiger partial charge in [-0.2, -0.15) is 0 Å². The first-order valence-electron chi connectivity index (χ1n) is 6.56. The Morgan fingerprint density at radius 2 is 2.11 bits per heavy atom. The standard InChI is InChI=1S/C14H18BrFN2O/c15-11-1-2-12(13(16)9-11)14(19)18-7-4-10(3-6-17)5-8-18/h1-2,9-10H,3-8,17H2. The van der Waals surface area contributed by atoms with Crippen molar-refractivity contribution in [2.45, 2.75) is 19.3 Å². The summed E-state index contributed by atoms with van der Waals surface area (Å²) < 4.78 is 14.4. The molecule has 0 bridgehead atoms. The predicted molar refractivity (Wildman–Crippen MR) is 76.4 cm³/mol. The third-order valence-electron chi connectivity index (χ3n) is 3.64. The van der Waals surface area contributed by atoms with Crippen LogP contribution in [0.15, 0.2) is 22.7 Å². The second-order valence-corrected chi connectivity index (χ2v) is 5.85. The molecule has 0 aromatic heterocycles. The summed E-state index contributed by atoms with van der Waals surface area (Å²) in [4.78, 5) is 14.0. The van der Waals surface area contributed by atoms with E-state index in [1.54, 1.807) is 11.0 Å². The van der Waals surface area contributed by atoms with Crippen LogP contribution in [0.25, 0.3) is 0 Å². The van der Waals surface area contributed by atoms with Gasteiger partial charge >= 0.3 is 0 Å². The maximum Gasteiger partial charge on any atom is 0.256 e. The fraction of sp³-hybridized carbons (Fsp3) is 0.500. The van der Waals surface area contributed by atoms with Crippen LogP contribution in [0, 0.1) is 11.7 Å². The first-order valence-corrected chi connectivity index (χ1v) is 7.35. The second-order valence-electron chi connectivity index (χ2n) is 4.94. The molecule has 1 fully saturated rings. The Morgan fingerprint density at radius 3 is 2.68 bits per heavy atom. The van der Waals surface area contributed by atoms with Gasteiger partial charge in [-0.05, 0) is 49.9 Å². The molecule has 0 aliphatic carbocycles. The van der Waals surface area contributed by atoms with Gasteiger partial charge in [-0.15, -0.1) is 0 Å². The highest BCUT2D eigenvalue weighted by Crippen LogP contribution is 2.23. The summed E-state index contributed by atoms with van der Waals surface area (Å²) in [5, 5.41) is 0. The van der Waals surface area contributed by atoms with Crippen LogP contribution in [0.5, 0.6) is 0 Å². The number of nitrogens with two attached hydrogens (primary N) is 1. The second kappa shape index (κ2) is 6.48. The van der Waals surface area contributed by atoms with Gasteiger partial charge in [0.05, 0.1) is 5.56 Å². The summed E-state index contributed by atoms with van der Waals surface area (Å²) in [5.74, 6) is -0.0801. The number of amides is 1. The van der Waals surface area contributed by atoms with Crippen molar-refractivity contribution in [2.75, 3.05) is 19.6 Å². The number of nitrogens with zero attached hydrogens (tertiary/aromatic N) is 1. The van der Waals surface area contributed by atoms with Gasteiger partial charge in [-0.1, -0.05) is 15.9 Å². The minimum atomic E-state index is -0.469. The van der Waals surface area contributed by atoms with Gasteiger partial charge in [0.25, 0.3) is 5.91 Å². The number of carbonyl (C=O) groups excluding carboxylic acids is 1. The third-order valence-corrected chi connectivity index (χ3v) is 4.13. The van der Waals surface area contributed by atoms with E-state index < -0.39 is 5.82 Å². The van der Waals surface area contributed by atoms with Crippen molar-refractivity contribution in [3.05, 3.63) is 34.1 Å². The topological polar surface area (TPSA) is 46.3 Å². The van der Waals surface area contributed by atoms with E-state index in [0.29, 0.717) is 30.0 Å². The first kappa shape index (κ1) is 14.5.